The minimum Gasteiger partial charge on any atom is -0.482 e. The summed E-state index contributed by atoms with van der Waals surface area (Å²) in [5.74, 6) is -0.242. The third-order valence-corrected chi connectivity index (χ3v) is 2.62. The summed E-state index contributed by atoms with van der Waals surface area (Å²) in [5, 5.41) is 8.60. The first-order valence-electron chi connectivity index (χ1n) is 6.40. The zero-order chi connectivity index (χ0) is 13.4. The Kier molecular flexibility index (Phi) is 5.98. The van der Waals surface area contributed by atoms with Crippen molar-refractivity contribution in [3.05, 3.63) is 35.4 Å². The summed E-state index contributed by atoms with van der Waals surface area (Å²) in [6.07, 6.45) is 7.31. The van der Waals surface area contributed by atoms with Gasteiger partial charge in [-0.05, 0) is 30.9 Å². The Morgan fingerprint density at radius 3 is 2.89 bits per heavy atom. The predicted octanol–water partition coefficient (Wildman–Crippen LogP) is 3.53. The number of fused-ring (bicyclic) bond motifs is 1. The minimum absolute atomic E-state index is 0.278. The molecule has 2 rings (SSSR count). The van der Waals surface area contributed by atoms with Crippen molar-refractivity contribution in [1.82, 2.24) is 0 Å². The van der Waals surface area contributed by atoms with E-state index in [4.69, 9.17) is 9.84 Å². The summed E-state index contributed by atoms with van der Waals surface area (Å²) in [4.78, 5) is 10.5. The SMILES string of the molecule is CC.O=C(O)COc1cccc2c1CCCC=C2. The molecule has 0 atom stereocenters. The molecule has 1 N–H and O–H groups in total. The second-order valence-corrected chi connectivity index (χ2v) is 3.80. The van der Waals surface area contributed by atoms with Gasteiger partial charge in [-0.2, -0.15) is 0 Å². The first-order chi connectivity index (χ1) is 8.77. The van der Waals surface area contributed by atoms with Crippen LogP contribution in [0.25, 0.3) is 6.08 Å². The number of hydrogen-bond donors (Lipinski definition) is 1. The van der Waals surface area contributed by atoms with E-state index >= 15 is 0 Å². The minimum atomic E-state index is -0.943. The Bertz CT molecular complexity index is 422. The van der Waals surface area contributed by atoms with Gasteiger partial charge in [0.2, 0.25) is 0 Å². The van der Waals surface area contributed by atoms with E-state index in [1.54, 1.807) is 0 Å². The maximum Gasteiger partial charge on any atom is 0.341 e. The Labute approximate surface area is 108 Å². The number of aliphatic carboxylic acids is 1. The van der Waals surface area contributed by atoms with Gasteiger partial charge < -0.3 is 9.84 Å². The summed E-state index contributed by atoms with van der Waals surface area (Å²) in [6.45, 7) is 3.72. The van der Waals surface area contributed by atoms with Crippen LogP contribution in [0.2, 0.25) is 0 Å². The van der Waals surface area contributed by atoms with Gasteiger partial charge in [-0.1, -0.05) is 38.1 Å². The van der Waals surface area contributed by atoms with Gasteiger partial charge in [0.05, 0.1) is 0 Å². The van der Waals surface area contributed by atoms with Crippen LogP contribution in [0.5, 0.6) is 5.75 Å². The standard InChI is InChI=1S/C13H14O3.C2H6/c14-13(15)9-16-12-8-4-6-10-5-2-1-3-7-11(10)12;1-2/h2,4-6,8H,1,3,7,9H2,(H,14,15);1-2H3. The molecule has 0 fully saturated rings. The van der Waals surface area contributed by atoms with Gasteiger partial charge in [0.1, 0.15) is 5.75 Å². The third-order valence-electron chi connectivity index (χ3n) is 2.62. The van der Waals surface area contributed by atoms with Gasteiger partial charge >= 0.3 is 5.97 Å². The summed E-state index contributed by atoms with van der Waals surface area (Å²) >= 11 is 0. The van der Waals surface area contributed by atoms with E-state index in [-0.39, 0.29) is 6.61 Å². The molecule has 1 aromatic rings. The Morgan fingerprint density at radius 2 is 2.17 bits per heavy atom. The lowest BCUT2D eigenvalue weighted by Crippen LogP contribution is -2.10. The average Bonchev–Trinajstić information content (AvgIpc) is 2.64. The number of carbonyl (C=O) groups is 1. The third kappa shape index (κ3) is 3.91. The molecule has 98 valence electrons. The summed E-state index contributed by atoms with van der Waals surface area (Å²) < 4.78 is 5.29. The molecule has 1 aliphatic carbocycles. The van der Waals surface area contributed by atoms with Crippen LogP contribution >= 0.6 is 0 Å². The number of allylic oxidation sites excluding steroid dienone is 1. The summed E-state index contributed by atoms with van der Waals surface area (Å²) in [5.41, 5.74) is 2.26. The molecule has 0 aromatic heterocycles. The van der Waals surface area contributed by atoms with Crippen LogP contribution in [0.15, 0.2) is 24.3 Å². The van der Waals surface area contributed by atoms with E-state index in [0.717, 1.165) is 30.4 Å². The Morgan fingerprint density at radius 1 is 1.39 bits per heavy atom. The maximum absolute atomic E-state index is 10.5. The molecule has 1 aliphatic rings. The number of benzene rings is 1. The van der Waals surface area contributed by atoms with E-state index in [9.17, 15) is 4.79 Å². The molecule has 0 saturated heterocycles. The normalized spacial score (nSPS) is 12.8. The molecule has 0 radical (unpaired) electrons. The monoisotopic (exact) mass is 248 g/mol. The quantitative estimate of drug-likeness (QED) is 0.890. The molecule has 0 bridgehead atoms. The average molecular weight is 248 g/mol. The fourth-order valence-electron chi connectivity index (χ4n) is 1.89. The lowest BCUT2D eigenvalue weighted by molar-refractivity contribution is -0.139. The number of rotatable bonds is 3. The second kappa shape index (κ2) is 7.54. The van der Waals surface area contributed by atoms with E-state index in [2.05, 4.69) is 12.2 Å². The highest BCUT2D eigenvalue weighted by Crippen LogP contribution is 2.27. The number of hydrogen-bond acceptors (Lipinski definition) is 2. The number of ether oxygens (including phenoxy) is 1. The molecule has 18 heavy (non-hydrogen) atoms. The first-order valence-corrected chi connectivity index (χ1v) is 6.40. The van der Waals surface area contributed by atoms with Crippen molar-refractivity contribution >= 4 is 12.0 Å². The van der Waals surface area contributed by atoms with E-state index in [1.807, 2.05) is 32.0 Å². The molecule has 3 heteroatoms. The topological polar surface area (TPSA) is 46.5 Å². The molecule has 0 heterocycles. The van der Waals surface area contributed by atoms with Crippen LogP contribution in [-0.4, -0.2) is 17.7 Å². The highest BCUT2D eigenvalue weighted by atomic mass is 16.5. The molecule has 0 unspecified atom stereocenters. The van der Waals surface area contributed by atoms with Gasteiger partial charge in [0.25, 0.3) is 0 Å². The van der Waals surface area contributed by atoms with Crippen molar-refractivity contribution in [3.8, 4) is 5.75 Å². The highest BCUT2D eigenvalue weighted by Gasteiger charge is 2.10. The first kappa shape index (κ1) is 14.3. The van der Waals surface area contributed by atoms with Crippen molar-refractivity contribution in [3.63, 3.8) is 0 Å². The second-order valence-electron chi connectivity index (χ2n) is 3.80. The molecular weight excluding hydrogens is 228 g/mol. The van der Waals surface area contributed by atoms with Crippen LogP contribution < -0.4 is 4.74 Å². The van der Waals surface area contributed by atoms with Crippen LogP contribution in [0.4, 0.5) is 0 Å². The molecule has 0 amide bonds. The summed E-state index contributed by atoms with van der Waals surface area (Å²) in [6, 6.07) is 5.76. The van der Waals surface area contributed by atoms with Crippen molar-refractivity contribution in [2.75, 3.05) is 6.61 Å². The molecular formula is C15H20O3. The number of carboxylic acid groups (broad SMARTS) is 1. The van der Waals surface area contributed by atoms with E-state index in [0.29, 0.717) is 5.75 Å². The maximum atomic E-state index is 10.5. The van der Waals surface area contributed by atoms with Crippen LogP contribution in [0, 0.1) is 0 Å². The zero-order valence-corrected chi connectivity index (χ0v) is 11.0. The van der Waals surface area contributed by atoms with Crippen molar-refractivity contribution in [1.29, 1.82) is 0 Å². The molecule has 0 aliphatic heterocycles. The van der Waals surface area contributed by atoms with Crippen molar-refractivity contribution in [2.24, 2.45) is 0 Å². The van der Waals surface area contributed by atoms with Gasteiger partial charge in [0.15, 0.2) is 6.61 Å². The fraction of sp³-hybridized carbons (Fsp3) is 0.400. The van der Waals surface area contributed by atoms with Gasteiger partial charge in [-0.15, -0.1) is 0 Å². The van der Waals surface area contributed by atoms with E-state index in [1.165, 1.54) is 0 Å². The lowest BCUT2D eigenvalue weighted by atomic mass is 10.0. The lowest BCUT2D eigenvalue weighted by Gasteiger charge is -2.11. The fourth-order valence-corrected chi connectivity index (χ4v) is 1.89. The van der Waals surface area contributed by atoms with Gasteiger partial charge in [0, 0.05) is 5.56 Å². The molecule has 0 saturated carbocycles. The number of carboxylic acids is 1. The smallest absolute Gasteiger partial charge is 0.341 e. The van der Waals surface area contributed by atoms with Crippen LogP contribution in [0.1, 0.15) is 37.8 Å². The van der Waals surface area contributed by atoms with Gasteiger partial charge in [-0.25, -0.2) is 4.79 Å². The summed E-state index contributed by atoms with van der Waals surface area (Å²) in [7, 11) is 0. The van der Waals surface area contributed by atoms with E-state index < -0.39 is 5.97 Å². The highest BCUT2D eigenvalue weighted by molar-refractivity contribution is 5.69. The van der Waals surface area contributed by atoms with Crippen LogP contribution in [-0.2, 0) is 11.2 Å². The molecule has 0 spiro atoms. The zero-order valence-electron chi connectivity index (χ0n) is 11.0. The van der Waals surface area contributed by atoms with Crippen molar-refractivity contribution in [2.45, 2.75) is 33.1 Å². The predicted molar refractivity (Wildman–Crippen MR) is 72.9 cm³/mol. The van der Waals surface area contributed by atoms with Gasteiger partial charge in [-0.3, -0.25) is 0 Å². The Balaban J connectivity index is 0.000000771. The molecule has 3 nitrogen and oxygen atoms in total. The molecule has 1 aromatic carbocycles. The van der Waals surface area contributed by atoms with Crippen LogP contribution in [0.3, 0.4) is 0 Å². The largest absolute Gasteiger partial charge is 0.482 e. The Hall–Kier alpha value is -1.77. The van der Waals surface area contributed by atoms with Crippen molar-refractivity contribution < 1.29 is 14.6 Å².